The van der Waals surface area contributed by atoms with Gasteiger partial charge in [-0.3, -0.25) is 0 Å². The average Bonchev–Trinajstić information content (AvgIpc) is 2.38. The average molecular weight is 269 g/mol. The zero-order valence-corrected chi connectivity index (χ0v) is 10.1. The Hall–Kier alpha value is -1.88. The van der Waals surface area contributed by atoms with E-state index in [1.54, 1.807) is 0 Å². The molecule has 0 aliphatic rings. The second kappa shape index (κ2) is 5.40. The molecule has 0 fully saturated rings. The number of hydrogen-bond acceptors (Lipinski definition) is 1. The van der Waals surface area contributed by atoms with Crippen molar-refractivity contribution in [2.24, 2.45) is 0 Å². The van der Waals surface area contributed by atoms with Crippen molar-refractivity contribution >= 4 is 0 Å². The van der Waals surface area contributed by atoms with E-state index in [1.165, 1.54) is 13.1 Å². The molecular formula is C14H11F4N. The smallest absolute Gasteiger partial charge is 0.159 e. The summed E-state index contributed by atoms with van der Waals surface area (Å²) >= 11 is 0. The van der Waals surface area contributed by atoms with Gasteiger partial charge in [-0.2, -0.15) is 0 Å². The topological polar surface area (TPSA) is 12.0 Å². The summed E-state index contributed by atoms with van der Waals surface area (Å²) in [5.41, 5.74) is 0.347. The number of hydrogen-bond donors (Lipinski definition) is 1. The van der Waals surface area contributed by atoms with Crippen molar-refractivity contribution in [2.45, 2.75) is 6.04 Å². The van der Waals surface area contributed by atoms with Gasteiger partial charge in [-0.1, -0.05) is 6.07 Å². The minimum absolute atomic E-state index is 0.0357. The van der Waals surface area contributed by atoms with Crippen molar-refractivity contribution in [1.82, 2.24) is 5.32 Å². The second-order valence-electron chi connectivity index (χ2n) is 4.06. The Morgan fingerprint density at radius 2 is 1.53 bits per heavy atom. The molecule has 19 heavy (non-hydrogen) atoms. The summed E-state index contributed by atoms with van der Waals surface area (Å²) in [6.45, 7) is 0. The maximum Gasteiger partial charge on any atom is 0.159 e. The monoisotopic (exact) mass is 269 g/mol. The van der Waals surface area contributed by atoms with Gasteiger partial charge in [-0.25, -0.2) is 17.6 Å². The summed E-state index contributed by atoms with van der Waals surface area (Å²) < 4.78 is 53.0. The van der Waals surface area contributed by atoms with Gasteiger partial charge in [0.25, 0.3) is 0 Å². The molecule has 0 spiro atoms. The first-order valence-corrected chi connectivity index (χ1v) is 5.60. The maximum atomic E-state index is 13.7. The fourth-order valence-corrected chi connectivity index (χ4v) is 1.93. The number of rotatable bonds is 3. The SMILES string of the molecule is CNC(c1ccc(F)c(F)c1)c1cc(F)ccc1F. The molecule has 0 radical (unpaired) electrons. The Balaban J connectivity index is 2.49. The van der Waals surface area contributed by atoms with Crippen molar-refractivity contribution < 1.29 is 17.6 Å². The Bertz CT molecular complexity index is 598. The predicted molar refractivity (Wildman–Crippen MR) is 63.6 cm³/mol. The van der Waals surface area contributed by atoms with Crippen LogP contribution in [0.25, 0.3) is 0 Å². The second-order valence-corrected chi connectivity index (χ2v) is 4.06. The normalized spacial score (nSPS) is 12.5. The van der Waals surface area contributed by atoms with Crippen molar-refractivity contribution in [3.63, 3.8) is 0 Å². The van der Waals surface area contributed by atoms with Gasteiger partial charge in [0.1, 0.15) is 11.6 Å². The van der Waals surface area contributed by atoms with Gasteiger partial charge in [0.2, 0.25) is 0 Å². The standard InChI is InChI=1S/C14H11F4N/c1-19-14(8-2-4-12(17)13(18)6-8)10-7-9(15)3-5-11(10)16/h2-7,14,19H,1H3. The number of halogens is 4. The van der Waals surface area contributed by atoms with Crippen molar-refractivity contribution in [3.8, 4) is 0 Å². The molecule has 0 bridgehead atoms. The van der Waals surface area contributed by atoms with Gasteiger partial charge in [-0.05, 0) is 42.9 Å². The predicted octanol–water partition coefficient (Wildman–Crippen LogP) is 3.55. The molecule has 1 nitrogen and oxygen atoms in total. The first kappa shape index (κ1) is 13.5. The zero-order valence-electron chi connectivity index (χ0n) is 10.1. The van der Waals surface area contributed by atoms with Crippen LogP contribution in [0.3, 0.4) is 0 Å². The van der Waals surface area contributed by atoms with Crippen LogP contribution in [0.5, 0.6) is 0 Å². The summed E-state index contributed by atoms with van der Waals surface area (Å²) in [4.78, 5) is 0. The Labute approximate surface area is 107 Å². The van der Waals surface area contributed by atoms with Crippen molar-refractivity contribution in [3.05, 3.63) is 70.8 Å². The molecule has 0 heterocycles. The fraction of sp³-hybridized carbons (Fsp3) is 0.143. The van der Waals surface area contributed by atoms with Gasteiger partial charge in [-0.15, -0.1) is 0 Å². The molecule has 0 aliphatic carbocycles. The zero-order chi connectivity index (χ0) is 14.0. The first-order chi connectivity index (χ1) is 9.02. The highest BCUT2D eigenvalue weighted by atomic mass is 19.2. The Morgan fingerprint density at radius 3 is 2.16 bits per heavy atom. The molecule has 5 heteroatoms. The van der Waals surface area contributed by atoms with Crippen LogP contribution >= 0.6 is 0 Å². The minimum Gasteiger partial charge on any atom is -0.309 e. The van der Waals surface area contributed by atoms with Crippen molar-refractivity contribution in [1.29, 1.82) is 0 Å². The highest BCUT2D eigenvalue weighted by Crippen LogP contribution is 2.26. The molecule has 2 rings (SSSR count). The third-order valence-corrected chi connectivity index (χ3v) is 2.83. The van der Waals surface area contributed by atoms with E-state index in [2.05, 4.69) is 5.32 Å². The van der Waals surface area contributed by atoms with E-state index in [4.69, 9.17) is 0 Å². The molecule has 0 aromatic heterocycles. The van der Waals surface area contributed by atoms with Crippen LogP contribution < -0.4 is 5.32 Å². The molecule has 0 amide bonds. The summed E-state index contributed by atoms with van der Waals surface area (Å²) in [6.07, 6.45) is 0. The van der Waals surface area contributed by atoms with E-state index in [0.29, 0.717) is 5.56 Å². The van der Waals surface area contributed by atoms with Crippen LogP contribution in [0.2, 0.25) is 0 Å². The highest BCUT2D eigenvalue weighted by Gasteiger charge is 2.18. The molecular weight excluding hydrogens is 258 g/mol. The quantitative estimate of drug-likeness (QED) is 0.840. The van der Waals surface area contributed by atoms with Gasteiger partial charge < -0.3 is 5.32 Å². The van der Waals surface area contributed by atoms with Crippen LogP contribution in [0.1, 0.15) is 17.2 Å². The van der Waals surface area contributed by atoms with Crippen LogP contribution in [0.15, 0.2) is 36.4 Å². The van der Waals surface area contributed by atoms with E-state index < -0.39 is 29.3 Å². The van der Waals surface area contributed by atoms with Crippen LogP contribution in [0, 0.1) is 23.3 Å². The van der Waals surface area contributed by atoms with Gasteiger partial charge in [0.05, 0.1) is 6.04 Å². The van der Waals surface area contributed by atoms with Crippen molar-refractivity contribution in [2.75, 3.05) is 7.05 Å². The Morgan fingerprint density at radius 1 is 0.842 bits per heavy atom. The summed E-state index contributed by atoms with van der Waals surface area (Å²) in [5.74, 6) is -3.24. The minimum atomic E-state index is -1.03. The number of benzene rings is 2. The van der Waals surface area contributed by atoms with Crippen LogP contribution in [-0.2, 0) is 0 Å². The van der Waals surface area contributed by atoms with Crippen LogP contribution in [-0.4, -0.2) is 7.05 Å². The number of nitrogens with one attached hydrogen (secondary N) is 1. The van der Waals surface area contributed by atoms with E-state index in [1.807, 2.05) is 0 Å². The van der Waals surface area contributed by atoms with Gasteiger partial charge in [0, 0.05) is 5.56 Å². The third-order valence-electron chi connectivity index (χ3n) is 2.83. The molecule has 1 unspecified atom stereocenters. The molecule has 0 aliphatic heterocycles. The van der Waals surface area contributed by atoms with Crippen LogP contribution in [0.4, 0.5) is 17.6 Å². The van der Waals surface area contributed by atoms with E-state index in [0.717, 1.165) is 30.3 Å². The molecule has 0 saturated heterocycles. The lowest BCUT2D eigenvalue weighted by Gasteiger charge is -2.18. The van der Waals surface area contributed by atoms with E-state index in [9.17, 15) is 17.6 Å². The molecule has 0 saturated carbocycles. The third kappa shape index (κ3) is 2.76. The lowest BCUT2D eigenvalue weighted by atomic mass is 9.98. The summed E-state index contributed by atoms with van der Waals surface area (Å²) in [7, 11) is 1.52. The van der Waals surface area contributed by atoms with E-state index in [-0.39, 0.29) is 5.56 Å². The Kier molecular flexibility index (Phi) is 3.85. The molecule has 100 valence electrons. The highest BCUT2D eigenvalue weighted by molar-refractivity contribution is 5.33. The fourth-order valence-electron chi connectivity index (χ4n) is 1.93. The largest absolute Gasteiger partial charge is 0.309 e. The molecule has 1 atom stereocenters. The summed E-state index contributed by atoms with van der Waals surface area (Å²) in [5, 5.41) is 2.75. The maximum absolute atomic E-state index is 13.7. The molecule has 2 aromatic rings. The van der Waals surface area contributed by atoms with Gasteiger partial charge in [0.15, 0.2) is 11.6 Å². The van der Waals surface area contributed by atoms with E-state index >= 15 is 0 Å². The van der Waals surface area contributed by atoms with Gasteiger partial charge >= 0.3 is 0 Å². The first-order valence-electron chi connectivity index (χ1n) is 5.60. The lowest BCUT2D eigenvalue weighted by Crippen LogP contribution is -2.19. The summed E-state index contributed by atoms with van der Waals surface area (Å²) in [6, 6.07) is 5.49. The molecule has 1 N–H and O–H groups in total. The lowest BCUT2D eigenvalue weighted by molar-refractivity contribution is 0.503. The molecule has 2 aromatic carbocycles.